The molecule has 0 bridgehead atoms. The first-order chi connectivity index (χ1) is 12.8. The summed E-state index contributed by atoms with van der Waals surface area (Å²) in [7, 11) is 0. The summed E-state index contributed by atoms with van der Waals surface area (Å²) < 4.78 is 12.1. The van der Waals surface area contributed by atoms with Crippen molar-refractivity contribution in [3.05, 3.63) is 109 Å². The van der Waals surface area contributed by atoms with E-state index in [0.29, 0.717) is 0 Å². The molecule has 3 rings (SSSR count). The van der Waals surface area contributed by atoms with Crippen LogP contribution >= 0.6 is 0 Å². The zero-order valence-electron chi connectivity index (χ0n) is 14.7. The average molecular weight is 342 g/mol. The molecule has 0 N–H and O–H groups in total. The summed E-state index contributed by atoms with van der Waals surface area (Å²) in [6.07, 6.45) is 5.28. The molecule has 0 aromatic heterocycles. The van der Waals surface area contributed by atoms with Crippen LogP contribution in [0.1, 0.15) is 11.1 Å². The van der Waals surface area contributed by atoms with Gasteiger partial charge in [0.2, 0.25) is 0 Å². The van der Waals surface area contributed by atoms with E-state index >= 15 is 0 Å². The van der Waals surface area contributed by atoms with E-state index < -0.39 is 0 Å². The van der Waals surface area contributed by atoms with Crippen LogP contribution in [-0.2, 0) is 12.8 Å². The van der Waals surface area contributed by atoms with Crippen LogP contribution in [0.2, 0.25) is 0 Å². The first-order valence-electron chi connectivity index (χ1n) is 8.63. The number of allylic oxidation sites excluding steroid dienone is 2. The van der Waals surface area contributed by atoms with E-state index in [1.54, 1.807) is 0 Å². The first-order valence-corrected chi connectivity index (χ1v) is 8.63. The summed E-state index contributed by atoms with van der Waals surface area (Å²) >= 11 is 0. The molecular weight excluding hydrogens is 320 g/mol. The molecule has 0 atom stereocenters. The van der Waals surface area contributed by atoms with Gasteiger partial charge in [-0.25, -0.2) is 0 Å². The maximum atomic E-state index is 6.07. The third kappa shape index (κ3) is 4.42. The summed E-state index contributed by atoms with van der Waals surface area (Å²) in [5.74, 6) is 3.13. The Morgan fingerprint density at radius 1 is 0.615 bits per heavy atom. The van der Waals surface area contributed by atoms with E-state index in [-0.39, 0.29) is 0 Å². The maximum Gasteiger partial charge on any atom is 0.131 e. The quantitative estimate of drug-likeness (QED) is 0.423. The molecule has 0 amide bonds. The molecule has 0 fully saturated rings. The van der Waals surface area contributed by atoms with Gasteiger partial charge in [0, 0.05) is 6.07 Å². The van der Waals surface area contributed by atoms with E-state index in [9.17, 15) is 0 Å². The fourth-order valence-corrected chi connectivity index (χ4v) is 2.71. The van der Waals surface area contributed by atoms with E-state index in [2.05, 4.69) is 13.2 Å². The number of hydrogen-bond donors (Lipinski definition) is 0. The third-order valence-electron chi connectivity index (χ3n) is 3.93. The highest BCUT2D eigenvalue weighted by molar-refractivity contribution is 5.43. The molecular formula is C24H22O2. The molecule has 0 saturated heterocycles. The van der Waals surface area contributed by atoms with Crippen molar-refractivity contribution in [2.45, 2.75) is 12.8 Å². The lowest BCUT2D eigenvalue weighted by Gasteiger charge is -2.13. The largest absolute Gasteiger partial charge is 0.457 e. The van der Waals surface area contributed by atoms with Gasteiger partial charge >= 0.3 is 0 Å². The molecule has 130 valence electrons. The predicted molar refractivity (Wildman–Crippen MR) is 107 cm³/mol. The van der Waals surface area contributed by atoms with Crippen molar-refractivity contribution in [3.8, 4) is 23.0 Å². The van der Waals surface area contributed by atoms with Crippen molar-refractivity contribution in [1.82, 2.24) is 0 Å². The molecule has 0 unspecified atom stereocenters. The van der Waals surface area contributed by atoms with Gasteiger partial charge in [0.15, 0.2) is 0 Å². The second kappa shape index (κ2) is 8.72. The number of benzene rings is 3. The fourth-order valence-electron chi connectivity index (χ4n) is 2.71. The maximum absolute atomic E-state index is 6.07. The van der Waals surface area contributed by atoms with Crippen LogP contribution in [0.5, 0.6) is 23.0 Å². The highest BCUT2D eigenvalue weighted by Crippen LogP contribution is 2.31. The Hall–Kier alpha value is -3.26. The minimum absolute atomic E-state index is 0.736. The lowest BCUT2D eigenvalue weighted by Crippen LogP contribution is -1.93. The molecule has 2 heteroatoms. The van der Waals surface area contributed by atoms with Gasteiger partial charge in [-0.05, 0) is 48.2 Å². The van der Waals surface area contributed by atoms with E-state index in [4.69, 9.17) is 9.47 Å². The third-order valence-corrected chi connectivity index (χ3v) is 3.93. The topological polar surface area (TPSA) is 18.5 Å². The summed E-state index contributed by atoms with van der Waals surface area (Å²) in [6, 6.07) is 23.6. The zero-order chi connectivity index (χ0) is 18.2. The molecule has 0 radical (unpaired) electrons. The summed E-state index contributed by atoms with van der Waals surface area (Å²) in [6.45, 7) is 7.61. The van der Waals surface area contributed by atoms with Crippen LogP contribution < -0.4 is 9.47 Å². The van der Waals surface area contributed by atoms with Gasteiger partial charge in [-0.15, -0.1) is 13.2 Å². The minimum Gasteiger partial charge on any atom is -0.457 e. The van der Waals surface area contributed by atoms with Gasteiger partial charge in [-0.3, -0.25) is 0 Å². The van der Waals surface area contributed by atoms with E-state index in [1.165, 1.54) is 0 Å². The second-order valence-electron chi connectivity index (χ2n) is 5.88. The molecule has 0 saturated carbocycles. The van der Waals surface area contributed by atoms with E-state index in [1.807, 2.05) is 84.9 Å². The summed E-state index contributed by atoms with van der Waals surface area (Å²) in [5, 5.41) is 0. The van der Waals surface area contributed by atoms with Crippen LogP contribution in [0.4, 0.5) is 0 Å². The van der Waals surface area contributed by atoms with Gasteiger partial charge in [0.25, 0.3) is 0 Å². The fraction of sp³-hybridized carbons (Fsp3) is 0.0833. The number of ether oxygens (including phenoxy) is 2. The summed E-state index contributed by atoms with van der Waals surface area (Å²) in [4.78, 5) is 0. The van der Waals surface area contributed by atoms with Crippen molar-refractivity contribution in [1.29, 1.82) is 0 Å². The molecule has 3 aromatic rings. The molecule has 2 nitrogen and oxygen atoms in total. The lowest BCUT2D eigenvalue weighted by molar-refractivity contribution is 0.455. The van der Waals surface area contributed by atoms with E-state index in [0.717, 1.165) is 47.0 Å². The Bertz CT molecular complexity index is 825. The number of rotatable bonds is 8. The molecule has 0 aliphatic rings. The Labute approximate surface area is 155 Å². The number of para-hydroxylation sites is 2. The highest BCUT2D eigenvalue weighted by atomic mass is 16.5. The standard InChI is InChI=1S/C24H22O2/c1-3-10-19-12-5-7-16-23(19)25-21-14-9-15-22(18-21)26-24-17-8-6-13-20(24)11-4-2/h3-9,12-18H,1-2,10-11H2. The monoisotopic (exact) mass is 342 g/mol. The number of hydrogen-bond acceptors (Lipinski definition) is 2. The van der Waals surface area contributed by atoms with Crippen LogP contribution in [-0.4, -0.2) is 0 Å². The van der Waals surface area contributed by atoms with Crippen molar-refractivity contribution in [2.24, 2.45) is 0 Å². The predicted octanol–water partition coefficient (Wildman–Crippen LogP) is 6.73. The Morgan fingerprint density at radius 3 is 1.54 bits per heavy atom. The molecule has 0 aliphatic carbocycles. The van der Waals surface area contributed by atoms with Crippen LogP contribution in [0.25, 0.3) is 0 Å². The van der Waals surface area contributed by atoms with Gasteiger partial charge in [-0.2, -0.15) is 0 Å². The Balaban J connectivity index is 1.81. The summed E-state index contributed by atoms with van der Waals surface area (Å²) in [5.41, 5.74) is 2.20. The van der Waals surface area contributed by atoms with Gasteiger partial charge in [0.1, 0.15) is 23.0 Å². The molecule has 0 aliphatic heterocycles. The van der Waals surface area contributed by atoms with Gasteiger partial charge in [0.05, 0.1) is 0 Å². The van der Waals surface area contributed by atoms with Gasteiger partial charge in [-0.1, -0.05) is 54.6 Å². The zero-order valence-corrected chi connectivity index (χ0v) is 14.7. The Morgan fingerprint density at radius 2 is 1.08 bits per heavy atom. The molecule has 26 heavy (non-hydrogen) atoms. The molecule has 3 aromatic carbocycles. The van der Waals surface area contributed by atoms with Crippen molar-refractivity contribution >= 4 is 0 Å². The molecule has 0 spiro atoms. The van der Waals surface area contributed by atoms with Crippen molar-refractivity contribution in [3.63, 3.8) is 0 Å². The van der Waals surface area contributed by atoms with Crippen LogP contribution in [0.15, 0.2) is 98.1 Å². The second-order valence-corrected chi connectivity index (χ2v) is 5.88. The highest BCUT2D eigenvalue weighted by Gasteiger charge is 2.07. The lowest BCUT2D eigenvalue weighted by atomic mass is 10.1. The minimum atomic E-state index is 0.736. The molecule has 0 heterocycles. The first kappa shape index (κ1) is 17.6. The normalized spacial score (nSPS) is 10.2. The van der Waals surface area contributed by atoms with Crippen molar-refractivity contribution in [2.75, 3.05) is 0 Å². The smallest absolute Gasteiger partial charge is 0.131 e. The Kier molecular flexibility index (Phi) is 5.89. The van der Waals surface area contributed by atoms with Crippen molar-refractivity contribution < 1.29 is 9.47 Å². The van der Waals surface area contributed by atoms with Gasteiger partial charge < -0.3 is 9.47 Å². The average Bonchev–Trinajstić information content (AvgIpc) is 2.66. The van der Waals surface area contributed by atoms with Crippen LogP contribution in [0, 0.1) is 0 Å². The SMILES string of the molecule is C=CCc1ccccc1Oc1cccc(Oc2ccccc2CC=C)c1. The van der Waals surface area contributed by atoms with Crippen LogP contribution in [0.3, 0.4) is 0 Å².